The van der Waals surface area contributed by atoms with E-state index in [-0.39, 0.29) is 18.3 Å². The van der Waals surface area contributed by atoms with E-state index in [1.807, 2.05) is 6.92 Å². The lowest BCUT2D eigenvalue weighted by Gasteiger charge is -2.08. The highest BCUT2D eigenvalue weighted by Crippen LogP contribution is 2.20. The van der Waals surface area contributed by atoms with Gasteiger partial charge in [-0.25, -0.2) is 4.79 Å². The minimum Gasteiger partial charge on any atom is -0.455 e. The highest BCUT2D eigenvalue weighted by atomic mass is 35.5. The summed E-state index contributed by atoms with van der Waals surface area (Å²) in [6.45, 7) is 3.65. The number of halogens is 1. The lowest BCUT2D eigenvalue weighted by molar-refractivity contribution is 0.0425. The van der Waals surface area contributed by atoms with E-state index in [1.54, 1.807) is 49.4 Å². The Bertz CT molecular complexity index is 980. The maximum absolute atomic E-state index is 12.3. The van der Waals surface area contributed by atoms with Crippen molar-refractivity contribution in [3.05, 3.63) is 81.7 Å². The SMILES string of the molecule is Cc1cc(C(=O)OCc2ccc(C(=O)Nc3ccc(Cl)c(C)c3)cc2)on1. The number of amides is 1. The summed E-state index contributed by atoms with van der Waals surface area (Å²) in [6.07, 6.45) is 0. The number of esters is 1. The minimum atomic E-state index is -0.587. The molecule has 0 fully saturated rings. The predicted molar refractivity (Wildman–Crippen MR) is 101 cm³/mol. The quantitative estimate of drug-likeness (QED) is 0.652. The molecule has 138 valence electrons. The molecule has 6 nitrogen and oxygen atoms in total. The highest BCUT2D eigenvalue weighted by molar-refractivity contribution is 6.31. The second-order valence-electron chi connectivity index (χ2n) is 6.02. The molecule has 27 heavy (non-hydrogen) atoms. The Hall–Kier alpha value is -3.12. The summed E-state index contributed by atoms with van der Waals surface area (Å²) in [6, 6.07) is 13.6. The van der Waals surface area contributed by atoms with Gasteiger partial charge in [0.25, 0.3) is 5.91 Å². The van der Waals surface area contributed by atoms with Crippen molar-refractivity contribution in [2.75, 3.05) is 5.32 Å². The first-order valence-corrected chi connectivity index (χ1v) is 8.57. The van der Waals surface area contributed by atoms with E-state index in [0.29, 0.717) is 22.0 Å². The van der Waals surface area contributed by atoms with Gasteiger partial charge in [0.05, 0.1) is 5.69 Å². The number of nitrogens with zero attached hydrogens (tertiary/aromatic N) is 1. The molecule has 0 spiro atoms. The fourth-order valence-corrected chi connectivity index (χ4v) is 2.48. The van der Waals surface area contributed by atoms with Crippen molar-refractivity contribution >= 4 is 29.2 Å². The van der Waals surface area contributed by atoms with E-state index in [4.69, 9.17) is 20.9 Å². The van der Waals surface area contributed by atoms with Gasteiger partial charge in [-0.1, -0.05) is 28.9 Å². The maximum Gasteiger partial charge on any atom is 0.377 e. The molecule has 0 bridgehead atoms. The normalized spacial score (nSPS) is 10.5. The summed E-state index contributed by atoms with van der Waals surface area (Å²) in [5.41, 5.74) is 3.39. The third kappa shape index (κ3) is 4.74. The maximum atomic E-state index is 12.3. The summed E-state index contributed by atoms with van der Waals surface area (Å²) in [7, 11) is 0. The van der Waals surface area contributed by atoms with Crippen molar-refractivity contribution in [3.63, 3.8) is 0 Å². The van der Waals surface area contributed by atoms with Gasteiger partial charge in [-0.15, -0.1) is 0 Å². The van der Waals surface area contributed by atoms with Crippen molar-refractivity contribution in [1.82, 2.24) is 5.16 Å². The summed E-state index contributed by atoms with van der Waals surface area (Å²) >= 11 is 5.99. The van der Waals surface area contributed by atoms with Crippen LogP contribution in [0.15, 0.2) is 53.1 Å². The highest BCUT2D eigenvalue weighted by Gasteiger charge is 2.13. The van der Waals surface area contributed by atoms with Crippen molar-refractivity contribution < 1.29 is 18.8 Å². The predicted octanol–water partition coefficient (Wildman–Crippen LogP) is 4.55. The molecule has 7 heteroatoms. The van der Waals surface area contributed by atoms with Gasteiger partial charge < -0.3 is 14.6 Å². The third-order valence-electron chi connectivity index (χ3n) is 3.83. The molecule has 1 amide bonds. The van der Waals surface area contributed by atoms with E-state index < -0.39 is 5.97 Å². The van der Waals surface area contributed by atoms with Gasteiger partial charge in [-0.05, 0) is 55.3 Å². The first kappa shape index (κ1) is 18.7. The lowest BCUT2D eigenvalue weighted by atomic mass is 10.1. The number of aryl methyl sites for hydroxylation is 2. The molecule has 3 rings (SSSR count). The fourth-order valence-electron chi connectivity index (χ4n) is 2.36. The van der Waals surface area contributed by atoms with Crippen molar-refractivity contribution in [2.24, 2.45) is 0 Å². The van der Waals surface area contributed by atoms with Crippen LogP contribution in [0.4, 0.5) is 5.69 Å². The van der Waals surface area contributed by atoms with E-state index in [2.05, 4.69) is 10.5 Å². The van der Waals surface area contributed by atoms with Crippen LogP contribution in [0.2, 0.25) is 5.02 Å². The Balaban J connectivity index is 1.58. The zero-order valence-corrected chi connectivity index (χ0v) is 15.5. The van der Waals surface area contributed by atoms with E-state index in [0.717, 1.165) is 11.1 Å². The van der Waals surface area contributed by atoms with Crippen LogP contribution in [-0.2, 0) is 11.3 Å². The molecule has 0 aliphatic heterocycles. The Morgan fingerprint density at radius 3 is 2.48 bits per heavy atom. The molecule has 2 aromatic carbocycles. The van der Waals surface area contributed by atoms with Crippen LogP contribution in [0, 0.1) is 13.8 Å². The van der Waals surface area contributed by atoms with Crippen LogP contribution in [0.25, 0.3) is 0 Å². The zero-order valence-electron chi connectivity index (χ0n) is 14.8. The Kier molecular flexibility index (Phi) is 5.57. The van der Waals surface area contributed by atoms with Gasteiger partial charge in [-0.2, -0.15) is 0 Å². The smallest absolute Gasteiger partial charge is 0.377 e. The van der Waals surface area contributed by atoms with Crippen molar-refractivity contribution in [3.8, 4) is 0 Å². The topological polar surface area (TPSA) is 81.4 Å². The standard InChI is InChI=1S/C20H17ClN2O4/c1-12-9-16(7-8-17(12)21)22-19(24)15-5-3-14(4-6-15)11-26-20(25)18-10-13(2)23-27-18/h3-10H,11H2,1-2H3,(H,22,24). The van der Waals surface area contributed by atoms with Gasteiger partial charge in [0.1, 0.15) is 6.61 Å². The molecule has 1 aromatic heterocycles. The number of aromatic nitrogens is 1. The molecule has 0 radical (unpaired) electrons. The molecule has 0 aliphatic rings. The molecular weight excluding hydrogens is 368 g/mol. The summed E-state index contributed by atoms with van der Waals surface area (Å²) in [5.74, 6) is -0.769. The summed E-state index contributed by atoms with van der Waals surface area (Å²) < 4.78 is 10.0. The summed E-state index contributed by atoms with van der Waals surface area (Å²) in [5, 5.41) is 7.10. The lowest BCUT2D eigenvalue weighted by Crippen LogP contribution is -2.12. The van der Waals surface area contributed by atoms with Crippen LogP contribution < -0.4 is 5.32 Å². The molecule has 0 saturated heterocycles. The van der Waals surface area contributed by atoms with Crippen LogP contribution in [0.3, 0.4) is 0 Å². The number of carbonyl (C=O) groups is 2. The van der Waals surface area contributed by atoms with Crippen LogP contribution in [-0.4, -0.2) is 17.0 Å². The molecule has 0 unspecified atom stereocenters. The van der Waals surface area contributed by atoms with E-state index >= 15 is 0 Å². The Labute approximate surface area is 161 Å². The molecule has 1 N–H and O–H groups in total. The number of nitrogens with one attached hydrogen (secondary N) is 1. The Morgan fingerprint density at radius 2 is 1.85 bits per heavy atom. The number of rotatable bonds is 5. The fraction of sp³-hybridized carbons (Fsp3) is 0.150. The second kappa shape index (κ2) is 8.05. The monoisotopic (exact) mass is 384 g/mol. The molecule has 0 atom stereocenters. The summed E-state index contributed by atoms with van der Waals surface area (Å²) in [4.78, 5) is 24.2. The van der Waals surface area contributed by atoms with Gasteiger partial charge in [0.2, 0.25) is 5.76 Å². The average molecular weight is 385 g/mol. The van der Waals surface area contributed by atoms with Crippen molar-refractivity contribution in [2.45, 2.75) is 20.5 Å². The van der Waals surface area contributed by atoms with Crippen molar-refractivity contribution in [1.29, 1.82) is 0 Å². The number of hydrogen-bond acceptors (Lipinski definition) is 5. The Morgan fingerprint density at radius 1 is 1.11 bits per heavy atom. The van der Waals surface area contributed by atoms with Gasteiger partial charge in [0, 0.05) is 22.3 Å². The van der Waals surface area contributed by atoms with E-state index in [9.17, 15) is 9.59 Å². The molecule has 0 saturated carbocycles. The largest absolute Gasteiger partial charge is 0.455 e. The number of ether oxygens (including phenoxy) is 1. The van der Waals surface area contributed by atoms with Crippen LogP contribution >= 0.6 is 11.6 Å². The van der Waals surface area contributed by atoms with Crippen LogP contribution in [0.5, 0.6) is 0 Å². The number of benzene rings is 2. The third-order valence-corrected chi connectivity index (χ3v) is 4.26. The van der Waals surface area contributed by atoms with E-state index in [1.165, 1.54) is 6.07 Å². The van der Waals surface area contributed by atoms with Gasteiger partial charge in [0.15, 0.2) is 0 Å². The van der Waals surface area contributed by atoms with Crippen LogP contribution in [0.1, 0.15) is 37.7 Å². The first-order valence-electron chi connectivity index (χ1n) is 8.19. The number of anilines is 1. The first-order chi connectivity index (χ1) is 12.9. The molecule has 3 aromatic rings. The molecule has 1 heterocycles. The minimum absolute atomic E-state index is 0.0572. The second-order valence-corrected chi connectivity index (χ2v) is 6.43. The zero-order chi connectivity index (χ0) is 19.4. The number of carbonyl (C=O) groups excluding carboxylic acids is 2. The molecule has 0 aliphatic carbocycles. The van der Waals surface area contributed by atoms with Gasteiger partial charge in [-0.3, -0.25) is 4.79 Å². The number of hydrogen-bond donors (Lipinski definition) is 1. The van der Waals surface area contributed by atoms with Gasteiger partial charge >= 0.3 is 5.97 Å². The average Bonchev–Trinajstić information content (AvgIpc) is 3.09. The molecular formula is C20H17ClN2O4.